The van der Waals surface area contributed by atoms with Crippen molar-refractivity contribution in [2.75, 3.05) is 19.6 Å². The summed E-state index contributed by atoms with van der Waals surface area (Å²) < 4.78 is 37.8. The second-order valence-electron chi connectivity index (χ2n) is 6.94. The molecule has 0 aromatic heterocycles. The Bertz CT molecular complexity index is 783. The van der Waals surface area contributed by atoms with E-state index < -0.39 is 22.1 Å². The summed E-state index contributed by atoms with van der Waals surface area (Å²) in [4.78, 5) is 24.1. The SMILES string of the molecule is CCCNC(=O)C(C)OC(=O)c1ccc(S(=O)(=O)N2CC(C)OC(C)C2)cc1. The molecule has 1 aromatic carbocycles. The lowest BCUT2D eigenvalue weighted by molar-refractivity contribution is -0.129. The zero-order valence-electron chi connectivity index (χ0n) is 16.7. The predicted octanol–water partition coefficient (Wildman–Crippen LogP) is 1.56. The molecule has 1 saturated heterocycles. The summed E-state index contributed by atoms with van der Waals surface area (Å²) in [6, 6.07) is 5.52. The van der Waals surface area contributed by atoms with Crippen LogP contribution in [0.25, 0.3) is 0 Å². The summed E-state index contributed by atoms with van der Waals surface area (Å²) in [6.45, 7) is 8.13. The molecule has 1 fully saturated rings. The third-order valence-electron chi connectivity index (χ3n) is 4.32. The number of benzene rings is 1. The van der Waals surface area contributed by atoms with Crippen molar-refractivity contribution in [3.8, 4) is 0 Å². The standard InChI is InChI=1S/C19H28N2O6S/c1-5-10-20-18(22)15(4)27-19(23)16-6-8-17(9-7-16)28(24,25)21-11-13(2)26-14(3)12-21/h6-9,13-15H,5,10-12H2,1-4H3,(H,20,22). The van der Waals surface area contributed by atoms with Gasteiger partial charge in [-0.15, -0.1) is 0 Å². The van der Waals surface area contributed by atoms with Crippen LogP contribution in [-0.2, 0) is 24.3 Å². The number of hydrogen-bond acceptors (Lipinski definition) is 6. The number of morpholine rings is 1. The molecule has 1 aliphatic rings. The van der Waals surface area contributed by atoms with Crippen LogP contribution in [-0.4, -0.2) is 62.5 Å². The lowest BCUT2D eigenvalue weighted by Gasteiger charge is -2.34. The molecule has 2 rings (SSSR count). The second kappa shape index (κ2) is 9.49. The number of nitrogens with one attached hydrogen (secondary N) is 1. The zero-order valence-corrected chi connectivity index (χ0v) is 17.5. The third-order valence-corrected chi connectivity index (χ3v) is 6.16. The van der Waals surface area contributed by atoms with Gasteiger partial charge in [0.2, 0.25) is 10.0 Å². The van der Waals surface area contributed by atoms with Crippen LogP contribution in [0.5, 0.6) is 0 Å². The van der Waals surface area contributed by atoms with Crippen molar-refractivity contribution in [3.63, 3.8) is 0 Å². The smallest absolute Gasteiger partial charge is 0.338 e. The maximum Gasteiger partial charge on any atom is 0.338 e. The van der Waals surface area contributed by atoms with Crippen molar-refractivity contribution in [1.82, 2.24) is 9.62 Å². The third kappa shape index (κ3) is 5.52. The fourth-order valence-electron chi connectivity index (χ4n) is 2.91. The number of rotatable bonds is 7. The van der Waals surface area contributed by atoms with Crippen molar-refractivity contribution in [1.29, 1.82) is 0 Å². The Balaban J connectivity index is 2.06. The van der Waals surface area contributed by atoms with Gasteiger partial charge in [-0.25, -0.2) is 13.2 Å². The number of hydrogen-bond donors (Lipinski definition) is 1. The molecule has 1 aromatic rings. The predicted molar refractivity (Wildman–Crippen MR) is 103 cm³/mol. The first kappa shape index (κ1) is 22.3. The minimum Gasteiger partial charge on any atom is -0.449 e. The van der Waals surface area contributed by atoms with Crippen molar-refractivity contribution < 1.29 is 27.5 Å². The van der Waals surface area contributed by atoms with E-state index in [2.05, 4.69) is 5.32 Å². The monoisotopic (exact) mass is 412 g/mol. The van der Waals surface area contributed by atoms with Gasteiger partial charge in [0.1, 0.15) is 0 Å². The van der Waals surface area contributed by atoms with Crippen LogP contribution < -0.4 is 5.32 Å². The molecule has 0 spiro atoms. The molecule has 1 aliphatic heterocycles. The summed E-state index contributed by atoms with van der Waals surface area (Å²) in [5.41, 5.74) is 0.179. The number of carbonyl (C=O) groups is 2. The van der Waals surface area contributed by atoms with Crippen LogP contribution in [0.15, 0.2) is 29.2 Å². The molecule has 3 atom stereocenters. The lowest BCUT2D eigenvalue weighted by Crippen LogP contribution is -2.48. The van der Waals surface area contributed by atoms with Crippen molar-refractivity contribution in [3.05, 3.63) is 29.8 Å². The van der Waals surface area contributed by atoms with Gasteiger partial charge >= 0.3 is 5.97 Å². The van der Waals surface area contributed by atoms with E-state index >= 15 is 0 Å². The number of nitrogens with zero attached hydrogens (tertiary/aromatic N) is 1. The molecule has 1 heterocycles. The molecule has 1 N–H and O–H groups in total. The highest BCUT2D eigenvalue weighted by atomic mass is 32.2. The van der Waals surface area contributed by atoms with Gasteiger partial charge in [0.25, 0.3) is 5.91 Å². The molecule has 8 nitrogen and oxygen atoms in total. The molecular weight excluding hydrogens is 384 g/mol. The number of amides is 1. The molecule has 28 heavy (non-hydrogen) atoms. The fraction of sp³-hybridized carbons (Fsp3) is 0.579. The van der Waals surface area contributed by atoms with Gasteiger partial charge in [0.05, 0.1) is 22.7 Å². The molecule has 156 valence electrons. The fourth-order valence-corrected chi connectivity index (χ4v) is 4.50. The normalized spacial score (nSPS) is 21.7. The van der Waals surface area contributed by atoms with E-state index in [9.17, 15) is 18.0 Å². The van der Waals surface area contributed by atoms with Gasteiger partial charge < -0.3 is 14.8 Å². The highest BCUT2D eigenvalue weighted by molar-refractivity contribution is 7.89. The Labute approximate surface area is 166 Å². The Hall–Kier alpha value is -1.97. The van der Waals surface area contributed by atoms with E-state index in [4.69, 9.17) is 9.47 Å². The molecule has 0 bridgehead atoms. The summed E-state index contributed by atoms with van der Waals surface area (Å²) in [7, 11) is -3.68. The van der Waals surface area contributed by atoms with Gasteiger partial charge in [-0.3, -0.25) is 4.79 Å². The van der Waals surface area contributed by atoms with Crippen LogP contribution >= 0.6 is 0 Å². The Morgan fingerprint density at radius 2 is 1.79 bits per heavy atom. The number of esters is 1. The van der Waals surface area contributed by atoms with Crippen LogP contribution in [0.2, 0.25) is 0 Å². The quantitative estimate of drug-likeness (QED) is 0.682. The molecule has 0 saturated carbocycles. The highest BCUT2D eigenvalue weighted by Gasteiger charge is 2.32. The Morgan fingerprint density at radius 1 is 1.21 bits per heavy atom. The molecular formula is C19H28N2O6S. The highest BCUT2D eigenvalue weighted by Crippen LogP contribution is 2.21. The summed E-state index contributed by atoms with van der Waals surface area (Å²) in [5, 5.41) is 2.65. The largest absolute Gasteiger partial charge is 0.449 e. The molecule has 0 aliphatic carbocycles. The van der Waals surface area contributed by atoms with E-state index in [-0.39, 0.29) is 41.7 Å². The van der Waals surface area contributed by atoms with Crippen LogP contribution in [0.1, 0.15) is 44.5 Å². The van der Waals surface area contributed by atoms with Crippen LogP contribution in [0.3, 0.4) is 0 Å². The average molecular weight is 413 g/mol. The van der Waals surface area contributed by atoms with Gasteiger partial charge in [-0.05, 0) is 51.5 Å². The van der Waals surface area contributed by atoms with Gasteiger partial charge in [0, 0.05) is 19.6 Å². The molecule has 9 heteroatoms. The molecule has 0 radical (unpaired) electrons. The summed E-state index contributed by atoms with van der Waals surface area (Å²) >= 11 is 0. The number of ether oxygens (including phenoxy) is 2. The van der Waals surface area contributed by atoms with Crippen molar-refractivity contribution >= 4 is 21.9 Å². The van der Waals surface area contributed by atoms with E-state index in [1.807, 2.05) is 20.8 Å². The van der Waals surface area contributed by atoms with E-state index in [1.54, 1.807) is 0 Å². The second-order valence-corrected chi connectivity index (χ2v) is 8.88. The Kier molecular flexibility index (Phi) is 7.56. The molecule has 3 unspecified atom stereocenters. The van der Waals surface area contributed by atoms with E-state index in [0.29, 0.717) is 6.54 Å². The van der Waals surface area contributed by atoms with Crippen LogP contribution in [0, 0.1) is 0 Å². The first-order chi connectivity index (χ1) is 13.1. The maximum absolute atomic E-state index is 12.8. The Morgan fingerprint density at radius 3 is 2.32 bits per heavy atom. The maximum atomic E-state index is 12.8. The van der Waals surface area contributed by atoms with Gasteiger partial charge in [-0.1, -0.05) is 6.92 Å². The summed E-state index contributed by atoms with van der Waals surface area (Å²) in [5.74, 6) is -1.05. The zero-order chi connectivity index (χ0) is 20.9. The number of carbonyl (C=O) groups excluding carboxylic acids is 2. The van der Waals surface area contributed by atoms with E-state index in [1.165, 1.54) is 35.5 Å². The minimum absolute atomic E-state index is 0.0964. The van der Waals surface area contributed by atoms with Crippen LogP contribution in [0.4, 0.5) is 0 Å². The topological polar surface area (TPSA) is 102 Å². The first-order valence-corrected chi connectivity index (χ1v) is 10.8. The van der Waals surface area contributed by atoms with Crippen molar-refractivity contribution in [2.45, 2.75) is 57.3 Å². The van der Waals surface area contributed by atoms with Crippen molar-refractivity contribution in [2.24, 2.45) is 0 Å². The van der Waals surface area contributed by atoms with Gasteiger partial charge in [0.15, 0.2) is 6.10 Å². The minimum atomic E-state index is -3.68. The first-order valence-electron chi connectivity index (χ1n) is 9.39. The number of sulfonamides is 1. The summed E-state index contributed by atoms with van der Waals surface area (Å²) in [6.07, 6.45) is -0.525. The molecule has 1 amide bonds. The van der Waals surface area contributed by atoms with E-state index in [0.717, 1.165) is 6.42 Å². The lowest BCUT2D eigenvalue weighted by atomic mass is 10.2. The average Bonchev–Trinajstić information content (AvgIpc) is 2.65. The van der Waals surface area contributed by atoms with Gasteiger partial charge in [-0.2, -0.15) is 4.31 Å².